The molecule has 0 aromatic heterocycles. The molecular formula is C15H33N3. The summed E-state index contributed by atoms with van der Waals surface area (Å²) in [4.78, 5) is 4.96. The molecule has 0 heterocycles. The fraction of sp³-hybridized carbons (Fsp3) is 1.00. The van der Waals surface area contributed by atoms with Crippen LogP contribution in [-0.4, -0.2) is 62.7 Å². The molecule has 1 aliphatic rings. The summed E-state index contributed by atoms with van der Waals surface area (Å²) >= 11 is 0. The zero-order valence-corrected chi connectivity index (χ0v) is 12.9. The van der Waals surface area contributed by atoms with E-state index in [1.807, 2.05) is 0 Å². The van der Waals surface area contributed by atoms with Gasteiger partial charge in [0.25, 0.3) is 0 Å². The van der Waals surface area contributed by atoms with E-state index in [0.29, 0.717) is 0 Å². The van der Waals surface area contributed by atoms with Crippen LogP contribution in [0, 0.1) is 5.92 Å². The lowest BCUT2D eigenvalue weighted by Gasteiger charge is -2.29. The van der Waals surface area contributed by atoms with Gasteiger partial charge in [-0.05, 0) is 52.4 Å². The Morgan fingerprint density at radius 3 is 2.44 bits per heavy atom. The van der Waals surface area contributed by atoms with Crippen LogP contribution in [0.3, 0.4) is 0 Å². The van der Waals surface area contributed by atoms with Crippen molar-refractivity contribution in [2.24, 2.45) is 5.92 Å². The van der Waals surface area contributed by atoms with Gasteiger partial charge in [0.2, 0.25) is 0 Å². The molecule has 1 rings (SSSR count). The van der Waals surface area contributed by atoms with E-state index in [9.17, 15) is 0 Å². The zero-order chi connectivity index (χ0) is 13.4. The number of likely N-dealkylation sites (N-methyl/N-ethyl adjacent to an activating group) is 1. The normalized spacial score (nSPS) is 24.3. The van der Waals surface area contributed by atoms with Gasteiger partial charge in [-0.25, -0.2) is 0 Å². The Morgan fingerprint density at radius 2 is 1.83 bits per heavy atom. The minimum absolute atomic E-state index is 0.772. The van der Waals surface area contributed by atoms with Gasteiger partial charge in [0, 0.05) is 25.7 Å². The topological polar surface area (TPSA) is 18.5 Å². The van der Waals surface area contributed by atoms with Crippen molar-refractivity contribution in [2.75, 3.05) is 46.8 Å². The first kappa shape index (κ1) is 15.9. The molecule has 0 aromatic rings. The number of nitrogens with one attached hydrogen (secondary N) is 1. The van der Waals surface area contributed by atoms with Gasteiger partial charge in [-0.3, -0.25) is 0 Å². The summed E-state index contributed by atoms with van der Waals surface area (Å²) in [5, 5.41) is 3.67. The number of hydrogen-bond donors (Lipinski definition) is 1. The molecule has 2 unspecified atom stereocenters. The highest BCUT2D eigenvalue weighted by Gasteiger charge is 2.27. The van der Waals surface area contributed by atoms with E-state index in [4.69, 9.17) is 0 Å². The van der Waals surface area contributed by atoms with Crippen molar-refractivity contribution in [3.63, 3.8) is 0 Å². The molecule has 1 N–H and O–H groups in total. The van der Waals surface area contributed by atoms with Gasteiger partial charge in [0.15, 0.2) is 0 Å². The van der Waals surface area contributed by atoms with E-state index in [0.717, 1.165) is 18.5 Å². The van der Waals surface area contributed by atoms with Gasteiger partial charge in [-0.1, -0.05) is 20.3 Å². The van der Waals surface area contributed by atoms with Crippen molar-refractivity contribution >= 4 is 0 Å². The first-order chi connectivity index (χ1) is 8.67. The van der Waals surface area contributed by atoms with E-state index in [1.54, 1.807) is 0 Å². The molecule has 0 bridgehead atoms. The van der Waals surface area contributed by atoms with E-state index in [-0.39, 0.29) is 0 Å². The van der Waals surface area contributed by atoms with Crippen molar-refractivity contribution in [1.82, 2.24) is 15.1 Å². The molecule has 0 saturated heterocycles. The van der Waals surface area contributed by atoms with Crippen LogP contribution in [0.4, 0.5) is 0 Å². The predicted molar refractivity (Wildman–Crippen MR) is 80.1 cm³/mol. The molecule has 108 valence electrons. The molecule has 1 aliphatic carbocycles. The molecule has 2 atom stereocenters. The summed E-state index contributed by atoms with van der Waals surface area (Å²) in [6, 6.07) is 0.772. The Labute approximate surface area is 114 Å². The first-order valence-corrected chi connectivity index (χ1v) is 7.77. The van der Waals surface area contributed by atoms with E-state index < -0.39 is 0 Å². The highest BCUT2D eigenvalue weighted by molar-refractivity contribution is 4.85. The SMILES string of the molecule is CCCN(CCN(C)C)CC1CCCC1NCC. The van der Waals surface area contributed by atoms with Crippen LogP contribution < -0.4 is 5.32 Å². The molecule has 1 fully saturated rings. The Bertz CT molecular complexity index is 206. The van der Waals surface area contributed by atoms with Crippen LogP contribution in [0.2, 0.25) is 0 Å². The standard InChI is InChI=1S/C15H33N3/c1-5-10-18(12-11-17(3)4)13-14-8-7-9-15(14)16-6-2/h14-16H,5-13H2,1-4H3. The zero-order valence-electron chi connectivity index (χ0n) is 12.9. The Morgan fingerprint density at radius 1 is 1.06 bits per heavy atom. The van der Waals surface area contributed by atoms with Crippen molar-refractivity contribution in [3.8, 4) is 0 Å². The highest BCUT2D eigenvalue weighted by Crippen LogP contribution is 2.26. The van der Waals surface area contributed by atoms with Gasteiger partial charge < -0.3 is 15.1 Å². The van der Waals surface area contributed by atoms with Crippen molar-refractivity contribution in [1.29, 1.82) is 0 Å². The maximum absolute atomic E-state index is 3.67. The average Bonchev–Trinajstić information content (AvgIpc) is 2.74. The summed E-state index contributed by atoms with van der Waals surface area (Å²) in [7, 11) is 4.34. The lowest BCUT2D eigenvalue weighted by Crippen LogP contribution is -2.41. The molecule has 1 saturated carbocycles. The Kier molecular flexibility index (Phi) is 7.87. The van der Waals surface area contributed by atoms with Crippen molar-refractivity contribution in [3.05, 3.63) is 0 Å². The highest BCUT2D eigenvalue weighted by atomic mass is 15.2. The number of nitrogens with zero attached hydrogens (tertiary/aromatic N) is 2. The van der Waals surface area contributed by atoms with Crippen molar-refractivity contribution < 1.29 is 0 Å². The number of rotatable bonds is 9. The summed E-state index contributed by atoms with van der Waals surface area (Å²) in [5.41, 5.74) is 0. The molecule has 0 spiro atoms. The van der Waals surface area contributed by atoms with Crippen LogP contribution in [0.15, 0.2) is 0 Å². The summed E-state index contributed by atoms with van der Waals surface area (Å²) < 4.78 is 0. The minimum atomic E-state index is 0.772. The van der Waals surface area contributed by atoms with Crippen LogP contribution in [0.1, 0.15) is 39.5 Å². The van der Waals surface area contributed by atoms with Crippen molar-refractivity contribution in [2.45, 2.75) is 45.6 Å². The predicted octanol–water partition coefficient (Wildman–Crippen LogP) is 2.04. The van der Waals surface area contributed by atoms with Gasteiger partial charge in [-0.2, -0.15) is 0 Å². The van der Waals surface area contributed by atoms with Gasteiger partial charge in [-0.15, -0.1) is 0 Å². The fourth-order valence-corrected chi connectivity index (χ4v) is 3.07. The van der Waals surface area contributed by atoms with Gasteiger partial charge in [0.1, 0.15) is 0 Å². The quantitative estimate of drug-likeness (QED) is 0.680. The van der Waals surface area contributed by atoms with Crippen LogP contribution in [-0.2, 0) is 0 Å². The molecular weight excluding hydrogens is 222 g/mol. The van der Waals surface area contributed by atoms with Gasteiger partial charge >= 0.3 is 0 Å². The Balaban J connectivity index is 2.38. The monoisotopic (exact) mass is 255 g/mol. The minimum Gasteiger partial charge on any atom is -0.314 e. The largest absolute Gasteiger partial charge is 0.314 e. The maximum atomic E-state index is 3.67. The molecule has 3 nitrogen and oxygen atoms in total. The smallest absolute Gasteiger partial charge is 0.0109 e. The lowest BCUT2D eigenvalue weighted by molar-refractivity contribution is 0.196. The summed E-state index contributed by atoms with van der Waals surface area (Å²) in [5.74, 6) is 0.874. The second-order valence-corrected chi connectivity index (χ2v) is 5.96. The lowest BCUT2D eigenvalue weighted by atomic mass is 10.0. The third kappa shape index (κ3) is 5.68. The molecule has 3 heteroatoms. The van der Waals surface area contributed by atoms with Crippen LogP contribution >= 0.6 is 0 Å². The van der Waals surface area contributed by atoms with E-state index in [1.165, 1.54) is 51.9 Å². The maximum Gasteiger partial charge on any atom is 0.0109 e. The second kappa shape index (κ2) is 8.89. The first-order valence-electron chi connectivity index (χ1n) is 7.77. The number of hydrogen-bond acceptors (Lipinski definition) is 3. The molecule has 0 amide bonds. The Hall–Kier alpha value is -0.120. The van der Waals surface area contributed by atoms with E-state index >= 15 is 0 Å². The van der Waals surface area contributed by atoms with Crippen LogP contribution in [0.25, 0.3) is 0 Å². The average molecular weight is 255 g/mol. The van der Waals surface area contributed by atoms with Gasteiger partial charge in [0.05, 0.1) is 0 Å². The molecule has 0 radical (unpaired) electrons. The third-order valence-electron chi connectivity index (χ3n) is 4.02. The molecule has 0 aromatic carbocycles. The van der Waals surface area contributed by atoms with E-state index in [2.05, 4.69) is 43.1 Å². The fourth-order valence-electron chi connectivity index (χ4n) is 3.07. The molecule has 18 heavy (non-hydrogen) atoms. The second-order valence-electron chi connectivity index (χ2n) is 5.96. The summed E-state index contributed by atoms with van der Waals surface area (Å²) in [6.45, 7) is 10.6. The molecule has 0 aliphatic heterocycles. The third-order valence-corrected chi connectivity index (χ3v) is 4.02. The summed E-state index contributed by atoms with van der Waals surface area (Å²) in [6.07, 6.45) is 5.48. The van der Waals surface area contributed by atoms with Crippen LogP contribution in [0.5, 0.6) is 0 Å².